The highest BCUT2D eigenvalue weighted by atomic mass is 79.9. The lowest BCUT2D eigenvalue weighted by molar-refractivity contribution is 0.295. The van der Waals surface area contributed by atoms with E-state index in [1.54, 1.807) is 6.20 Å². The molecule has 0 saturated carbocycles. The normalized spacial score (nSPS) is 10.5. The van der Waals surface area contributed by atoms with Crippen molar-refractivity contribution in [3.05, 3.63) is 88.5 Å². The van der Waals surface area contributed by atoms with Crippen molar-refractivity contribution in [1.82, 2.24) is 10.3 Å². The summed E-state index contributed by atoms with van der Waals surface area (Å²) in [5.41, 5.74) is 2.26. The van der Waals surface area contributed by atoms with Gasteiger partial charge in [-0.2, -0.15) is 0 Å². The summed E-state index contributed by atoms with van der Waals surface area (Å²) >= 11 is 3.53. The fraction of sp³-hybridized carbons (Fsp3) is 0.190. The van der Waals surface area contributed by atoms with Crippen LogP contribution in [0.2, 0.25) is 0 Å². The van der Waals surface area contributed by atoms with Gasteiger partial charge in [0.1, 0.15) is 19.0 Å². The molecule has 0 fully saturated rings. The molecule has 5 heteroatoms. The van der Waals surface area contributed by atoms with E-state index in [1.165, 1.54) is 0 Å². The lowest BCUT2D eigenvalue weighted by Gasteiger charge is -2.13. The van der Waals surface area contributed by atoms with Gasteiger partial charge in [0.15, 0.2) is 0 Å². The van der Waals surface area contributed by atoms with Crippen molar-refractivity contribution in [2.24, 2.45) is 0 Å². The number of rotatable bonds is 9. The van der Waals surface area contributed by atoms with Gasteiger partial charge in [0.05, 0.1) is 0 Å². The third kappa shape index (κ3) is 5.86. The summed E-state index contributed by atoms with van der Waals surface area (Å²) in [6, 6.07) is 21.9. The van der Waals surface area contributed by atoms with Crippen LogP contribution in [0.5, 0.6) is 11.6 Å². The van der Waals surface area contributed by atoms with E-state index in [4.69, 9.17) is 9.47 Å². The van der Waals surface area contributed by atoms with Gasteiger partial charge < -0.3 is 14.8 Å². The van der Waals surface area contributed by atoms with Crippen LogP contribution in [0.15, 0.2) is 77.4 Å². The predicted molar refractivity (Wildman–Crippen MR) is 106 cm³/mol. The SMILES string of the molecule is Brc1ccc(OCc2ccccc2)c(CNCCOc2ccccn2)c1. The van der Waals surface area contributed by atoms with Crippen LogP contribution in [0.25, 0.3) is 0 Å². The van der Waals surface area contributed by atoms with Gasteiger partial charge in [0, 0.05) is 35.4 Å². The van der Waals surface area contributed by atoms with Gasteiger partial charge in [-0.1, -0.05) is 52.3 Å². The Bertz CT molecular complexity index is 798. The Kier molecular flexibility index (Phi) is 7.05. The molecule has 1 heterocycles. The lowest BCUT2D eigenvalue weighted by atomic mass is 10.2. The van der Waals surface area contributed by atoms with Crippen molar-refractivity contribution in [1.29, 1.82) is 0 Å². The topological polar surface area (TPSA) is 43.4 Å². The Morgan fingerprint density at radius 3 is 2.58 bits per heavy atom. The molecule has 0 atom stereocenters. The molecule has 1 N–H and O–H groups in total. The quantitative estimate of drug-likeness (QED) is 0.521. The second kappa shape index (κ2) is 9.94. The van der Waals surface area contributed by atoms with Crippen molar-refractivity contribution in [3.8, 4) is 11.6 Å². The molecule has 134 valence electrons. The van der Waals surface area contributed by atoms with Crippen LogP contribution in [0, 0.1) is 0 Å². The van der Waals surface area contributed by atoms with E-state index in [9.17, 15) is 0 Å². The number of ether oxygens (including phenoxy) is 2. The zero-order chi connectivity index (χ0) is 18.0. The van der Waals surface area contributed by atoms with Gasteiger partial charge >= 0.3 is 0 Å². The van der Waals surface area contributed by atoms with E-state index in [0.717, 1.165) is 27.9 Å². The Labute approximate surface area is 162 Å². The number of nitrogens with zero attached hydrogens (tertiary/aromatic N) is 1. The molecule has 0 saturated heterocycles. The summed E-state index contributed by atoms with van der Waals surface area (Å²) in [7, 11) is 0. The molecule has 4 nitrogen and oxygen atoms in total. The number of nitrogens with one attached hydrogen (secondary N) is 1. The van der Waals surface area contributed by atoms with Crippen LogP contribution in [-0.4, -0.2) is 18.1 Å². The highest BCUT2D eigenvalue weighted by Gasteiger charge is 2.05. The maximum atomic E-state index is 6.00. The largest absolute Gasteiger partial charge is 0.489 e. The summed E-state index contributed by atoms with van der Waals surface area (Å²) < 4.78 is 12.6. The second-order valence-corrected chi connectivity index (χ2v) is 6.64. The van der Waals surface area contributed by atoms with Gasteiger partial charge in [-0.15, -0.1) is 0 Å². The molecule has 0 aliphatic rings. The third-order valence-corrected chi connectivity index (χ3v) is 4.23. The minimum absolute atomic E-state index is 0.554. The molecule has 3 rings (SSSR count). The second-order valence-electron chi connectivity index (χ2n) is 5.72. The highest BCUT2D eigenvalue weighted by Crippen LogP contribution is 2.24. The molecule has 0 aliphatic heterocycles. The molecule has 1 aromatic heterocycles. The Morgan fingerprint density at radius 1 is 0.923 bits per heavy atom. The maximum Gasteiger partial charge on any atom is 0.213 e. The molecule has 0 aliphatic carbocycles. The minimum atomic E-state index is 0.554. The van der Waals surface area contributed by atoms with Gasteiger partial charge in [-0.05, 0) is 29.8 Å². The smallest absolute Gasteiger partial charge is 0.213 e. The number of pyridine rings is 1. The van der Waals surface area contributed by atoms with Crippen LogP contribution >= 0.6 is 15.9 Å². The standard InChI is InChI=1S/C21H21BrN2O2/c22-19-9-10-20(26-16-17-6-2-1-3-7-17)18(14-19)15-23-12-13-25-21-8-4-5-11-24-21/h1-11,14,23H,12-13,15-16H2. The van der Waals surface area contributed by atoms with Gasteiger partial charge in [0.25, 0.3) is 0 Å². The third-order valence-electron chi connectivity index (χ3n) is 3.74. The Hall–Kier alpha value is -2.37. The first-order valence-corrected chi connectivity index (χ1v) is 9.30. The molecule has 0 amide bonds. The summed E-state index contributed by atoms with van der Waals surface area (Å²) in [5.74, 6) is 1.53. The van der Waals surface area contributed by atoms with Crippen LogP contribution in [-0.2, 0) is 13.2 Å². The van der Waals surface area contributed by atoms with E-state index in [2.05, 4.69) is 44.4 Å². The first kappa shape index (κ1) is 18.4. The summed E-state index contributed by atoms with van der Waals surface area (Å²) in [6.45, 7) is 2.54. The molecule has 0 spiro atoms. The molecule has 26 heavy (non-hydrogen) atoms. The van der Waals surface area contributed by atoms with Crippen molar-refractivity contribution in [3.63, 3.8) is 0 Å². The van der Waals surface area contributed by atoms with E-state index in [1.807, 2.05) is 48.5 Å². The van der Waals surface area contributed by atoms with Crippen LogP contribution in [0.3, 0.4) is 0 Å². The zero-order valence-electron chi connectivity index (χ0n) is 14.4. The van der Waals surface area contributed by atoms with Crippen LogP contribution in [0.4, 0.5) is 0 Å². The average Bonchev–Trinajstić information content (AvgIpc) is 2.69. The van der Waals surface area contributed by atoms with E-state index < -0.39 is 0 Å². The molecule has 0 bridgehead atoms. The number of benzene rings is 2. The van der Waals surface area contributed by atoms with E-state index >= 15 is 0 Å². The van der Waals surface area contributed by atoms with Crippen molar-refractivity contribution >= 4 is 15.9 Å². The molecule has 0 unspecified atom stereocenters. The predicted octanol–water partition coefficient (Wildman–Crippen LogP) is 4.59. The van der Waals surface area contributed by atoms with Crippen molar-refractivity contribution in [2.45, 2.75) is 13.2 Å². The van der Waals surface area contributed by atoms with Crippen molar-refractivity contribution in [2.75, 3.05) is 13.2 Å². The number of halogens is 1. The van der Waals surface area contributed by atoms with Crippen molar-refractivity contribution < 1.29 is 9.47 Å². The van der Waals surface area contributed by atoms with Crippen LogP contribution in [0.1, 0.15) is 11.1 Å². The fourth-order valence-electron chi connectivity index (χ4n) is 2.45. The molecular formula is C21H21BrN2O2. The molecular weight excluding hydrogens is 392 g/mol. The van der Waals surface area contributed by atoms with Gasteiger partial charge in [-0.25, -0.2) is 4.98 Å². The first-order chi connectivity index (χ1) is 12.8. The molecule has 2 aromatic carbocycles. The summed E-state index contributed by atoms with van der Waals surface area (Å²) in [4.78, 5) is 4.14. The highest BCUT2D eigenvalue weighted by molar-refractivity contribution is 9.10. The Morgan fingerprint density at radius 2 is 1.77 bits per heavy atom. The summed E-state index contributed by atoms with van der Waals surface area (Å²) in [5, 5.41) is 3.38. The summed E-state index contributed by atoms with van der Waals surface area (Å²) in [6.07, 6.45) is 1.72. The van der Waals surface area contributed by atoms with Crippen LogP contribution < -0.4 is 14.8 Å². The van der Waals surface area contributed by atoms with Gasteiger partial charge in [-0.3, -0.25) is 0 Å². The van der Waals surface area contributed by atoms with E-state index in [-0.39, 0.29) is 0 Å². The maximum absolute atomic E-state index is 6.00. The monoisotopic (exact) mass is 412 g/mol. The first-order valence-electron chi connectivity index (χ1n) is 8.51. The fourth-order valence-corrected chi connectivity index (χ4v) is 2.85. The average molecular weight is 413 g/mol. The van der Waals surface area contributed by atoms with E-state index in [0.29, 0.717) is 25.6 Å². The number of hydrogen-bond acceptors (Lipinski definition) is 4. The minimum Gasteiger partial charge on any atom is -0.489 e. The zero-order valence-corrected chi connectivity index (χ0v) is 16.0. The molecule has 0 radical (unpaired) electrons. The van der Waals surface area contributed by atoms with Gasteiger partial charge in [0.2, 0.25) is 5.88 Å². The Balaban J connectivity index is 1.49. The number of aromatic nitrogens is 1. The molecule has 3 aromatic rings. The lowest BCUT2D eigenvalue weighted by Crippen LogP contribution is -2.21. The number of hydrogen-bond donors (Lipinski definition) is 1.